The van der Waals surface area contributed by atoms with Gasteiger partial charge in [0, 0.05) is 28.9 Å². The van der Waals surface area contributed by atoms with Gasteiger partial charge in [0.2, 0.25) is 0 Å². The third kappa shape index (κ3) is 2.10. The Kier molecular flexibility index (Phi) is 3.28. The molecule has 0 unspecified atom stereocenters. The number of pyridine rings is 1. The van der Waals surface area contributed by atoms with E-state index in [2.05, 4.69) is 9.55 Å². The fourth-order valence-corrected chi connectivity index (χ4v) is 2.74. The van der Waals surface area contributed by atoms with E-state index in [0.29, 0.717) is 11.6 Å². The molecule has 0 bridgehead atoms. The van der Waals surface area contributed by atoms with Crippen LogP contribution >= 0.6 is 11.6 Å². The second-order valence-electron chi connectivity index (χ2n) is 4.66. The number of hydrogen-bond donors (Lipinski definition) is 0. The molecule has 0 aliphatic carbocycles. The lowest BCUT2D eigenvalue weighted by Crippen LogP contribution is -2.00. The third-order valence-electron chi connectivity index (χ3n) is 3.26. The Morgan fingerprint density at radius 2 is 2.00 bits per heavy atom. The molecule has 0 aliphatic heterocycles. The summed E-state index contributed by atoms with van der Waals surface area (Å²) in [7, 11) is 0. The number of benzene rings is 1. The van der Waals surface area contributed by atoms with Crippen molar-refractivity contribution in [3.8, 4) is 5.69 Å². The van der Waals surface area contributed by atoms with Crippen LogP contribution in [0.2, 0.25) is 5.15 Å². The van der Waals surface area contributed by atoms with Crippen LogP contribution in [0.5, 0.6) is 0 Å². The van der Waals surface area contributed by atoms with E-state index < -0.39 is 0 Å². The number of nitrogens with zero attached hydrogens (tertiary/aromatic N) is 2. The summed E-state index contributed by atoms with van der Waals surface area (Å²) in [6.45, 7) is 1.91. The van der Waals surface area contributed by atoms with Gasteiger partial charge in [-0.25, -0.2) is 4.98 Å². The monoisotopic (exact) mass is 284 g/mol. The van der Waals surface area contributed by atoms with E-state index in [1.54, 1.807) is 0 Å². The Morgan fingerprint density at radius 1 is 1.25 bits per heavy atom. The molecule has 0 N–H and O–H groups in total. The number of carbonyl (C=O) groups is 1. The zero-order valence-electron chi connectivity index (χ0n) is 11.0. The van der Waals surface area contributed by atoms with Crippen LogP contribution in [0.3, 0.4) is 0 Å². The molecule has 100 valence electrons. The topological polar surface area (TPSA) is 34.9 Å². The Hall–Kier alpha value is -2.13. The first kappa shape index (κ1) is 12.9. The quantitative estimate of drug-likeness (QED) is 0.542. The maximum absolute atomic E-state index is 10.9. The van der Waals surface area contributed by atoms with E-state index >= 15 is 0 Å². The molecule has 3 nitrogen and oxygen atoms in total. The van der Waals surface area contributed by atoms with Gasteiger partial charge in [-0.2, -0.15) is 0 Å². The molecule has 3 aromatic rings. The van der Waals surface area contributed by atoms with Crippen LogP contribution in [-0.2, 0) is 11.2 Å². The summed E-state index contributed by atoms with van der Waals surface area (Å²) in [5.41, 5.74) is 3.76. The maximum atomic E-state index is 10.9. The fraction of sp³-hybridized carbons (Fsp3) is 0.125. The summed E-state index contributed by atoms with van der Waals surface area (Å²) < 4.78 is 2.06. The van der Waals surface area contributed by atoms with Gasteiger partial charge in [-0.1, -0.05) is 29.8 Å². The third-order valence-corrected chi connectivity index (χ3v) is 3.55. The molecule has 3 rings (SSSR count). The molecule has 0 saturated heterocycles. The average molecular weight is 285 g/mol. The molecule has 4 heteroatoms. The van der Waals surface area contributed by atoms with Crippen LogP contribution in [-0.4, -0.2) is 15.8 Å². The molecule has 1 aromatic carbocycles. The molecule has 0 fully saturated rings. The van der Waals surface area contributed by atoms with E-state index in [4.69, 9.17) is 11.6 Å². The summed E-state index contributed by atoms with van der Waals surface area (Å²) in [6.07, 6.45) is 1.25. The Balaban J connectivity index is 2.37. The molecule has 0 amide bonds. The predicted molar refractivity (Wildman–Crippen MR) is 80.6 cm³/mol. The van der Waals surface area contributed by atoms with Gasteiger partial charge < -0.3 is 9.36 Å². The summed E-state index contributed by atoms with van der Waals surface area (Å²) in [5.74, 6) is 0. The number of aryl methyl sites for hydroxylation is 1. The number of aldehydes is 1. The number of fused-ring (bicyclic) bond motifs is 1. The van der Waals surface area contributed by atoms with Crippen molar-refractivity contribution in [2.24, 2.45) is 0 Å². The van der Waals surface area contributed by atoms with Crippen LogP contribution < -0.4 is 0 Å². The highest BCUT2D eigenvalue weighted by Gasteiger charge is 2.13. The van der Waals surface area contributed by atoms with Gasteiger partial charge in [0.05, 0.1) is 5.52 Å². The number of aromatic nitrogens is 2. The smallest absolute Gasteiger partial charge is 0.138 e. The highest BCUT2D eigenvalue weighted by molar-refractivity contribution is 6.34. The first-order chi connectivity index (χ1) is 9.70. The van der Waals surface area contributed by atoms with Crippen molar-refractivity contribution in [2.75, 3.05) is 0 Å². The lowest BCUT2D eigenvalue weighted by molar-refractivity contribution is -0.107. The minimum absolute atomic E-state index is 0.346. The van der Waals surface area contributed by atoms with E-state index in [1.807, 2.05) is 49.4 Å². The minimum atomic E-state index is 0.346. The number of rotatable bonds is 3. The van der Waals surface area contributed by atoms with Crippen molar-refractivity contribution in [1.82, 2.24) is 9.55 Å². The normalized spacial score (nSPS) is 10.9. The first-order valence-electron chi connectivity index (χ1n) is 6.37. The van der Waals surface area contributed by atoms with E-state index in [0.717, 1.165) is 34.3 Å². The van der Waals surface area contributed by atoms with E-state index in [9.17, 15) is 4.79 Å². The van der Waals surface area contributed by atoms with Crippen molar-refractivity contribution in [3.05, 3.63) is 59.0 Å². The minimum Gasteiger partial charge on any atom is -0.313 e. The van der Waals surface area contributed by atoms with Gasteiger partial charge >= 0.3 is 0 Å². The number of carbonyl (C=O) groups excluding carboxylic acids is 1. The van der Waals surface area contributed by atoms with Crippen LogP contribution in [0, 0.1) is 6.92 Å². The standard InChI is InChI=1S/C16H13ClN2O/c1-11-9-15-14(16(17)18-11)10-13(7-8-20)19(15)12-5-3-2-4-6-12/h2-6,8-10H,7H2,1H3. The molecule has 0 atom stereocenters. The fourth-order valence-electron chi connectivity index (χ4n) is 2.45. The summed E-state index contributed by atoms with van der Waals surface area (Å²) >= 11 is 6.22. The highest BCUT2D eigenvalue weighted by Crippen LogP contribution is 2.29. The SMILES string of the molecule is Cc1cc2c(cc(CC=O)n2-c2ccccc2)c(Cl)n1. The summed E-state index contributed by atoms with van der Waals surface area (Å²) in [5, 5.41) is 1.35. The van der Waals surface area contributed by atoms with Crippen molar-refractivity contribution in [3.63, 3.8) is 0 Å². The van der Waals surface area contributed by atoms with Crippen LogP contribution in [0.1, 0.15) is 11.4 Å². The van der Waals surface area contributed by atoms with Crippen molar-refractivity contribution in [1.29, 1.82) is 0 Å². The Bertz CT molecular complexity index is 778. The highest BCUT2D eigenvalue weighted by atomic mass is 35.5. The van der Waals surface area contributed by atoms with Crippen molar-refractivity contribution >= 4 is 28.8 Å². The zero-order chi connectivity index (χ0) is 14.1. The van der Waals surface area contributed by atoms with Gasteiger partial charge in [-0.15, -0.1) is 0 Å². The molecule has 0 aliphatic rings. The predicted octanol–water partition coefficient (Wildman–Crippen LogP) is 3.73. The second kappa shape index (κ2) is 5.10. The first-order valence-corrected chi connectivity index (χ1v) is 6.75. The number of halogens is 1. The molecular weight excluding hydrogens is 272 g/mol. The molecule has 0 saturated carbocycles. The molecule has 20 heavy (non-hydrogen) atoms. The largest absolute Gasteiger partial charge is 0.313 e. The number of hydrogen-bond acceptors (Lipinski definition) is 2. The zero-order valence-corrected chi connectivity index (χ0v) is 11.8. The molecule has 2 aromatic heterocycles. The van der Waals surface area contributed by atoms with Crippen molar-refractivity contribution in [2.45, 2.75) is 13.3 Å². The van der Waals surface area contributed by atoms with Gasteiger partial charge in [-0.3, -0.25) is 0 Å². The van der Waals surface area contributed by atoms with Gasteiger partial charge in [0.1, 0.15) is 11.4 Å². The Morgan fingerprint density at radius 3 is 2.70 bits per heavy atom. The van der Waals surface area contributed by atoms with Crippen LogP contribution in [0.25, 0.3) is 16.6 Å². The average Bonchev–Trinajstić information content (AvgIpc) is 2.79. The van der Waals surface area contributed by atoms with Crippen LogP contribution in [0.15, 0.2) is 42.5 Å². The Labute approximate surface area is 121 Å². The van der Waals surface area contributed by atoms with Gasteiger partial charge in [0.25, 0.3) is 0 Å². The van der Waals surface area contributed by atoms with E-state index in [1.165, 1.54) is 0 Å². The lowest BCUT2D eigenvalue weighted by Gasteiger charge is -2.09. The molecule has 0 spiro atoms. The van der Waals surface area contributed by atoms with Gasteiger partial charge in [0.15, 0.2) is 0 Å². The summed E-state index contributed by atoms with van der Waals surface area (Å²) in [6, 6.07) is 13.9. The molecular formula is C16H13ClN2O. The lowest BCUT2D eigenvalue weighted by atomic mass is 10.2. The van der Waals surface area contributed by atoms with Crippen molar-refractivity contribution < 1.29 is 4.79 Å². The number of para-hydroxylation sites is 1. The molecule has 0 radical (unpaired) electrons. The van der Waals surface area contributed by atoms with Crippen LogP contribution in [0.4, 0.5) is 0 Å². The maximum Gasteiger partial charge on any atom is 0.138 e. The summed E-state index contributed by atoms with van der Waals surface area (Å²) in [4.78, 5) is 15.2. The van der Waals surface area contributed by atoms with Gasteiger partial charge in [-0.05, 0) is 31.2 Å². The molecule has 2 heterocycles. The van der Waals surface area contributed by atoms with E-state index in [-0.39, 0.29) is 0 Å². The second-order valence-corrected chi connectivity index (χ2v) is 5.02.